The number of rotatable bonds is 3. The minimum absolute atomic E-state index is 0.0574. The van der Waals surface area contributed by atoms with Crippen molar-refractivity contribution in [2.45, 2.75) is 12.5 Å². The highest BCUT2D eigenvalue weighted by Crippen LogP contribution is 2.17. The number of aromatic nitrogens is 1. The van der Waals surface area contributed by atoms with Crippen molar-refractivity contribution < 1.29 is 14.7 Å². The number of carbonyl (C=O) groups excluding carboxylic acids is 1. The van der Waals surface area contributed by atoms with Gasteiger partial charge in [0.15, 0.2) is 0 Å². The molecule has 2 rings (SSSR count). The van der Waals surface area contributed by atoms with Crippen LogP contribution in [0.4, 0.5) is 0 Å². The summed E-state index contributed by atoms with van der Waals surface area (Å²) in [4.78, 5) is 26.1. The number of nitrogens with one attached hydrogen (secondary N) is 1. The van der Waals surface area contributed by atoms with Gasteiger partial charge in [-0.3, -0.25) is 4.79 Å². The first-order valence-corrected chi connectivity index (χ1v) is 6.40. The molecule has 90 valence electrons. The van der Waals surface area contributed by atoms with Crippen molar-refractivity contribution in [1.29, 1.82) is 0 Å². The van der Waals surface area contributed by atoms with Gasteiger partial charge in [0.05, 0.1) is 5.56 Å². The van der Waals surface area contributed by atoms with Gasteiger partial charge in [0.25, 0.3) is 5.91 Å². The quantitative estimate of drug-likeness (QED) is 0.839. The number of thioether (sulfide) groups is 1. The van der Waals surface area contributed by atoms with Crippen LogP contribution in [0.15, 0.2) is 18.3 Å². The summed E-state index contributed by atoms with van der Waals surface area (Å²) >= 11 is 1.82. The van der Waals surface area contributed by atoms with E-state index < -0.39 is 5.97 Å². The summed E-state index contributed by atoms with van der Waals surface area (Å²) in [6, 6.07) is 3.03. The van der Waals surface area contributed by atoms with Crippen LogP contribution < -0.4 is 5.32 Å². The fraction of sp³-hybridized carbons (Fsp3) is 0.364. The maximum Gasteiger partial charge on any atom is 0.354 e. The summed E-state index contributed by atoms with van der Waals surface area (Å²) in [7, 11) is 0. The van der Waals surface area contributed by atoms with E-state index in [-0.39, 0.29) is 17.6 Å². The normalized spacial score (nSPS) is 18.9. The van der Waals surface area contributed by atoms with E-state index in [0.717, 1.165) is 17.9 Å². The largest absolute Gasteiger partial charge is 0.477 e. The minimum atomic E-state index is -1.09. The number of amides is 1. The highest BCUT2D eigenvalue weighted by atomic mass is 32.2. The lowest BCUT2D eigenvalue weighted by atomic mass is 10.2. The maximum atomic E-state index is 11.8. The fourth-order valence-corrected chi connectivity index (χ4v) is 2.72. The van der Waals surface area contributed by atoms with E-state index in [4.69, 9.17) is 5.11 Å². The number of nitrogens with zero attached hydrogens (tertiary/aromatic N) is 1. The summed E-state index contributed by atoms with van der Waals surface area (Å²) in [6.07, 6.45) is 2.28. The molecule has 0 saturated carbocycles. The molecule has 0 spiro atoms. The van der Waals surface area contributed by atoms with Gasteiger partial charge >= 0.3 is 5.97 Å². The van der Waals surface area contributed by atoms with Crippen LogP contribution in [0.3, 0.4) is 0 Å². The standard InChI is InChI=1S/C11H12N2O3S/c14-10(13-8-3-4-17-6-8)7-1-2-9(11(15)16)12-5-7/h1-2,5,8H,3-4,6H2,(H,13,14)(H,15,16)/t8-/m1/s1. The van der Waals surface area contributed by atoms with Crippen LogP contribution in [0.1, 0.15) is 27.3 Å². The summed E-state index contributed by atoms with van der Waals surface area (Å²) in [6.45, 7) is 0. The summed E-state index contributed by atoms with van der Waals surface area (Å²) < 4.78 is 0. The average Bonchev–Trinajstić information content (AvgIpc) is 2.82. The molecule has 1 amide bonds. The van der Waals surface area contributed by atoms with Crippen molar-refractivity contribution in [3.63, 3.8) is 0 Å². The molecule has 2 heterocycles. The number of carboxylic acids is 1. The molecule has 0 bridgehead atoms. The molecule has 2 N–H and O–H groups in total. The maximum absolute atomic E-state index is 11.8. The summed E-state index contributed by atoms with van der Waals surface area (Å²) in [5, 5.41) is 11.6. The third-order valence-corrected chi connectivity index (χ3v) is 3.67. The second kappa shape index (κ2) is 5.18. The highest BCUT2D eigenvalue weighted by molar-refractivity contribution is 7.99. The zero-order chi connectivity index (χ0) is 12.3. The Morgan fingerprint density at radius 1 is 1.47 bits per heavy atom. The minimum Gasteiger partial charge on any atom is -0.477 e. The van der Waals surface area contributed by atoms with E-state index in [2.05, 4.69) is 10.3 Å². The number of carboxylic acid groups (broad SMARTS) is 1. The van der Waals surface area contributed by atoms with E-state index in [1.54, 1.807) is 0 Å². The SMILES string of the molecule is O=C(N[C@@H]1CCSC1)c1ccc(C(=O)O)nc1. The second-order valence-corrected chi connectivity index (χ2v) is 4.92. The Morgan fingerprint density at radius 2 is 2.29 bits per heavy atom. The van der Waals surface area contributed by atoms with Crippen molar-refractivity contribution in [3.05, 3.63) is 29.6 Å². The van der Waals surface area contributed by atoms with E-state index in [1.807, 2.05) is 11.8 Å². The predicted octanol–water partition coefficient (Wildman–Crippen LogP) is 1.02. The number of aromatic carboxylic acids is 1. The third kappa shape index (κ3) is 2.97. The molecule has 17 heavy (non-hydrogen) atoms. The molecular formula is C11H12N2O3S. The topological polar surface area (TPSA) is 79.3 Å². The van der Waals surface area contributed by atoms with E-state index in [1.165, 1.54) is 18.3 Å². The zero-order valence-electron chi connectivity index (χ0n) is 9.05. The summed E-state index contributed by atoms with van der Waals surface area (Å²) in [5.41, 5.74) is 0.338. The Labute approximate surface area is 103 Å². The predicted molar refractivity (Wildman–Crippen MR) is 64.4 cm³/mol. The second-order valence-electron chi connectivity index (χ2n) is 3.77. The monoisotopic (exact) mass is 252 g/mol. The number of hydrogen-bond donors (Lipinski definition) is 2. The van der Waals surface area contributed by atoms with E-state index >= 15 is 0 Å². The van der Waals surface area contributed by atoms with Gasteiger partial charge in [-0.25, -0.2) is 9.78 Å². The van der Waals surface area contributed by atoms with Crippen molar-refractivity contribution >= 4 is 23.6 Å². The first-order valence-electron chi connectivity index (χ1n) is 5.25. The molecule has 1 aliphatic heterocycles. The first-order chi connectivity index (χ1) is 8.16. The summed E-state index contributed by atoms with van der Waals surface area (Å²) in [5.74, 6) is 0.721. The van der Waals surface area contributed by atoms with Gasteiger partial charge in [-0.05, 0) is 24.3 Å². The van der Waals surface area contributed by atoms with Gasteiger partial charge in [-0.1, -0.05) is 0 Å². The van der Waals surface area contributed by atoms with Crippen LogP contribution in [-0.4, -0.2) is 39.5 Å². The van der Waals surface area contributed by atoms with Gasteiger partial charge in [0.1, 0.15) is 5.69 Å². The van der Waals surface area contributed by atoms with Crippen molar-refractivity contribution in [1.82, 2.24) is 10.3 Å². The number of hydrogen-bond acceptors (Lipinski definition) is 4. The zero-order valence-corrected chi connectivity index (χ0v) is 9.87. The number of pyridine rings is 1. The van der Waals surface area contributed by atoms with E-state index in [0.29, 0.717) is 5.56 Å². The Morgan fingerprint density at radius 3 is 2.82 bits per heavy atom. The Hall–Kier alpha value is -1.56. The number of carbonyl (C=O) groups is 2. The molecule has 1 atom stereocenters. The van der Waals surface area contributed by atoms with Gasteiger partial charge in [0.2, 0.25) is 0 Å². The molecule has 0 aromatic carbocycles. The van der Waals surface area contributed by atoms with Gasteiger partial charge in [-0.15, -0.1) is 0 Å². The van der Waals surface area contributed by atoms with Crippen LogP contribution in [-0.2, 0) is 0 Å². The van der Waals surface area contributed by atoms with Gasteiger partial charge in [0, 0.05) is 18.0 Å². The molecule has 1 aromatic heterocycles. The molecule has 6 heteroatoms. The molecule has 1 aromatic rings. The Balaban J connectivity index is 2.01. The highest BCUT2D eigenvalue weighted by Gasteiger charge is 2.18. The van der Waals surface area contributed by atoms with Crippen molar-refractivity contribution in [3.8, 4) is 0 Å². The molecule has 0 aliphatic carbocycles. The first kappa shape index (κ1) is 11.9. The molecule has 1 aliphatic rings. The van der Waals surface area contributed by atoms with Gasteiger partial charge < -0.3 is 10.4 Å². The lowest BCUT2D eigenvalue weighted by molar-refractivity contribution is 0.0689. The molecular weight excluding hydrogens is 240 g/mol. The molecule has 1 fully saturated rings. The third-order valence-electron chi connectivity index (χ3n) is 2.51. The Kier molecular flexibility index (Phi) is 3.63. The lowest BCUT2D eigenvalue weighted by Crippen LogP contribution is -2.34. The Bertz CT molecular complexity index is 427. The van der Waals surface area contributed by atoms with Crippen molar-refractivity contribution in [2.24, 2.45) is 0 Å². The average molecular weight is 252 g/mol. The smallest absolute Gasteiger partial charge is 0.354 e. The van der Waals surface area contributed by atoms with Gasteiger partial charge in [-0.2, -0.15) is 11.8 Å². The molecule has 0 unspecified atom stereocenters. The molecule has 5 nitrogen and oxygen atoms in total. The van der Waals surface area contributed by atoms with Crippen molar-refractivity contribution in [2.75, 3.05) is 11.5 Å². The lowest BCUT2D eigenvalue weighted by Gasteiger charge is -2.10. The van der Waals surface area contributed by atoms with Crippen LogP contribution in [0, 0.1) is 0 Å². The van der Waals surface area contributed by atoms with E-state index in [9.17, 15) is 9.59 Å². The fourth-order valence-electron chi connectivity index (χ4n) is 1.57. The van der Waals surface area contributed by atoms with Crippen LogP contribution in [0.25, 0.3) is 0 Å². The van der Waals surface area contributed by atoms with Crippen LogP contribution in [0.5, 0.6) is 0 Å². The van der Waals surface area contributed by atoms with Crippen LogP contribution in [0.2, 0.25) is 0 Å². The molecule has 0 radical (unpaired) electrons. The van der Waals surface area contributed by atoms with Crippen LogP contribution >= 0.6 is 11.8 Å². The molecule has 1 saturated heterocycles.